The zero-order valence-electron chi connectivity index (χ0n) is 16.1. The van der Waals surface area contributed by atoms with Gasteiger partial charge in [-0.2, -0.15) is 0 Å². The highest BCUT2D eigenvalue weighted by molar-refractivity contribution is 5.94. The average Bonchev–Trinajstić information content (AvgIpc) is 2.99. The first kappa shape index (κ1) is 16.8. The van der Waals surface area contributed by atoms with Gasteiger partial charge in [0.15, 0.2) is 0 Å². The first-order chi connectivity index (χ1) is 12.6. The van der Waals surface area contributed by atoms with Gasteiger partial charge in [-0.3, -0.25) is 4.79 Å². The molecule has 2 heterocycles. The topological polar surface area (TPSA) is 23.6 Å². The molecule has 3 fully saturated rings. The van der Waals surface area contributed by atoms with Gasteiger partial charge in [0, 0.05) is 30.6 Å². The second-order valence-corrected chi connectivity index (χ2v) is 9.46. The summed E-state index contributed by atoms with van der Waals surface area (Å²) in [5.74, 6) is 2.31. The minimum Gasteiger partial charge on any atom is -0.315 e. The Bertz CT molecular complexity index is 679. The molecule has 4 aliphatic rings. The molecule has 1 saturated heterocycles. The molecule has 3 heteroatoms. The molecule has 2 aliphatic carbocycles. The van der Waals surface area contributed by atoms with Gasteiger partial charge < -0.3 is 9.80 Å². The van der Waals surface area contributed by atoms with Crippen LogP contribution in [0.25, 0.3) is 0 Å². The maximum Gasteiger partial charge on any atom is 0.226 e. The van der Waals surface area contributed by atoms with Crippen LogP contribution >= 0.6 is 0 Å². The Labute approximate surface area is 157 Å². The zero-order valence-corrected chi connectivity index (χ0v) is 16.1. The Balaban J connectivity index is 1.36. The maximum absolute atomic E-state index is 12.5. The van der Waals surface area contributed by atoms with Crippen LogP contribution in [0, 0.1) is 11.8 Å². The first-order valence-electron chi connectivity index (χ1n) is 10.7. The van der Waals surface area contributed by atoms with Gasteiger partial charge in [0.1, 0.15) is 0 Å². The first-order valence-corrected chi connectivity index (χ1v) is 10.7. The second kappa shape index (κ2) is 6.37. The van der Waals surface area contributed by atoms with Gasteiger partial charge in [0.05, 0.1) is 0 Å². The summed E-state index contributed by atoms with van der Waals surface area (Å²) >= 11 is 0. The minimum atomic E-state index is 0.209. The zero-order chi connectivity index (χ0) is 17.7. The summed E-state index contributed by atoms with van der Waals surface area (Å²) in [5, 5.41) is 0. The van der Waals surface area contributed by atoms with Gasteiger partial charge in [0.25, 0.3) is 0 Å². The molecule has 2 unspecified atom stereocenters. The summed E-state index contributed by atoms with van der Waals surface area (Å²) < 4.78 is 0. The largest absolute Gasteiger partial charge is 0.315 e. The molecule has 2 bridgehead atoms. The summed E-state index contributed by atoms with van der Waals surface area (Å²) in [6, 6.07) is 9.51. The number of para-hydroxylation sites is 1. The lowest BCUT2D eigenvalue weighted by atomic mass is 9.69. The van der Waals surface area contributed by atoms with Crippen molar-refractivity contribution in [3.63, 3.8) is 0 Å². The fourth-order valence-electron chi connectivity index (χ4n) is 6.60. The third kappa shape index (κ3) is 2.70. The molecule has 0 aromatic heterocycles. The van der Waals surface area contributed by atoms with E-state index >= 15 is 0 Å². The van der Waals surface area contributed by atoms with Gasteiger partial charge in [-0.25, -0.2) is 0 Å². The van der Waals surface area contributed by atoms with Crippen LogP contribution in [0.3, 0.4) is 0 Å². The van der Waals surface area contributed by atoms with E-state index in [2.05, 4.69) is 29.2 Å². The van der Waals surface area contributed by atoms with Crippen molar-refractivity contribution >= 4 is 11.6 Å². The number of nitrogens with zero attached hydrogens (tertiary/aromatic N) is 2. The molecule has 1 aromatic rings. The summed E-state index contributed by atoms with van der Waals surface area (Å²) in [6.45, 7) is 2.44. The number of fused-ring (bicyclic) bond motifs is 4. The fraction of sp³-hybridized carbons (Fsp3) is 0.696. The van der Waals surface area contributed by atoms with Crippen molar-refractivity contribution in [2.75, 3.05) is 25.0 Å². The Morgan fingerprint density at radius 2 is 1.65 bits per heavy atom. The Morgan fingerprint density at radius 3 is 2.38 bits per heavy atom. The van der Waals surface area contributed by atoms with Crippen molar-refractivity contribution in [2.24, 2.45) is 11.8 Å². The third-order valence-corrected chi connectivity index (χ3v) is 8.16. The van der Waals surface area contributed by atoms with Gasteiger partial charge >= 0.3 is 0 Å². The van der Waals surface area contributed by atoms with Crippen LogP contribution in [0.15, 0.2) is 24.3 Å². The predicted molar refractivity (Wildman–Crippen MR) is 105 cm³/mol. The predicted octanol–water partition coefficient (Wildman–Crippen LogP) is 4.36. The third-order valence-electron chi connectivity index (χ3n) is 8.16. The fourth-order valence-corrected chi connectivity index (χ4v) is 6.60. The molecular formula is C23H32N2O. The number of hydrogen-bond donors (Lipinski definition) is 0. The van der Waals surface area contributed by atoms with E-state index in [1.54, 1.807) is 0 Å². The standard InChI is InChI=1S/C23H32N2O/c1-24-21-5-3-2-4-20(21)23(9-8-22(24)26)10-12-25(13-11-23)19-15-17-6-7-18(14-17)16-19/h2-5,17-19H,6-16H2,1H3. The smallest absolute Gasteiger partial charge is 0.226 e. The lowest BCUT2D eigenvalue weighted by Crippen LogP contribution is -2.48. The van der Waals surface area contributed by atoms with Crippen molar-refractivity contribution < 1.29 is 4.79 Å². The van der Waals surface area contributed by atoms with E-state index in [4.69, 9.17) is 0 Å². The van der Waals surface area contributed by atoms with E-state index in [0.717, 1.165) is 30.0 Å². The summed E-state index contributed by atoms with van der Waals surface area (Å²) in [6.07, 6.45) is 11.5. The number of benzene rings is 1. The molecule has 2 atom stereocenters. The van der Waals surface area contributed by atoms with E-state index in [1.165, 1.54) is 63.6 Å². The molecule has 140 valence electrons. The number of amides is 1. The Kier molecular flexibility index (Phi) is 4.11. The highest BCUT2D eigenvalue weighted by Gasteiger charge is 2.43. The van der Waals surface area contributed by atoms with Crippen molar-refractivity contribution in [3.05, 3.63) is 29.8 Å². The van der Waals surface area contributed by atoms with Crippen LogP contribution in [0.2, 0.25) is 0 Å². The van der Waals surface area contributed by atoms with Crippen molar-refractivity contribution in [2.45, 2.75) is 69.2 Å². The highest BCUT2D eigenvalue weighted by atomic mass is 16.2. The monoisotopic (exact) mass is 352 g/mol. The SMILES string of the molecule is CN1C(=O)CCC2(CCN(C3CC4CCC(C4)C3)CC2)c2ccccc21. The molecule has 0 radical (unpaired) electrons. The van der Waals surface area contributed by atoms with Crippen LogP contribution in [0.5, 0.6) is 0 Å². The van der Waals surface area contributed by atoms with Gasteiger partial charge in [0.2, 0.25) is 5.91 Å². The van der Waals surface area contributed by atoms with Crippen molar-refractivity contribution in [1.82, 2.24) is 4.90 Å². The van der Waals surface area contributed by atoms with E-state index in [9.17, 15) is 4.79 Å². The van der Waals surface area contributed by atoms with Gasteiger partial charge in [-0.05, 0) is 75.1 Å². The number of anilines is 1. The number of carbonyl (C=O) groups excluding carboxylic acids is 1. The second-order valence-electron chi connectivity index (χ2n) is 9.46. The lowest BCUT2D eigenvalue weighted by Gasteiger charge is -2.46. The molecule has 2 saturated carbocycles. The van der Waals surface area contributed by atoms with Crippen LogP contribution in [0.1, 0.15) is 63.4 Å². The summed E-state index contributed by atoms with van der Waals surface area (Å²) in [5.41, 5.74) is 2.79. The Hall–Kier alpha value is -1.35. The number of rotatable bonds is 1. The minimum absolute atomic E-state index is 0.209. The van der Waals surface area contributed by atoms with E-state index in [-0.39, 0.29) is 11.3 Å². The van der Waals surface area contributed by atoms with Gasteiger partial charge in [-0.1, -0.05) is 31.0 Å². The molecule has 1 spiro atoms. The number of carbonyl (C=O) groups is 1. The van der Waals surface area contributed by atoms with Crippen molar-refractivity contribution in [3.8, 4) is 0 Å². The average molecular weight is 353 g/mol. The van der Waals surface area contributed by atoms with E-state index in [0.29, 0.717) is 6.42 Å². The van der Waals surface area contributed by atoms with Gasteiger partial charge in [-0.15, -0.1) is 0 Å². The molecule has 26 heavy (non-hydrogen) atoms. The van der Waals surface area contributed by atoms with Crippen molar-refractivity contribution in [1.29, 1.82) is 0 Å². The maximum atomic E-state index is 12.5. The number of likely N-dealkylation sites (tertiary alicyclic amines) is 1. The molecule has 3 nitrogen and oxygen atoms in total. The number of piperidine rings is 1. The van der Waals surface area contributed by atoms with Crippen LogP contribution in [-0.4, -0.2) is 37.0 Å². The molecular weight excluding hydrogens is 320 g/mol. The quantitative estimate of drug-likeness (QED) is 0.750. The molecule has 1 amide bonds. The Morgan fingerprint density at radius 1 is 0.962 bits per heavy atom. The number of hydrogen-bond acceptors (Lipinski definition) is 2. The van der Waals surface area contributed by atoms with E-state index in [1.807, 2.05) is 11.9 Å². The normalized spacial score (nSPS) is 34.0. The molecule has 2 aliphatic heterocycles. The van der Waals surface area contributed by atoms with Crippen LogP contribution in [-0.2, 0) is 10.2 Å². The van der Waals surface area contributed by atoms with Crippen LogP contribution in [0.4, 0.5) is 5.69 Å². The molecule has 1 aromatic carbocycles. The molecule has 5 rings (SSSR count). The molecule has 0 N–H and O–H groups in total. The highest BCUT2D eigenvalue weighted by Crippen LogP contribution is 2.48. The van der Waals surface area contributed by atoms with Crippen LogP contribution < -0.4 is 4.90 Å². The summed E-state index contributed by atoms with van der Waals surface area (Å²) in [4.78, 5) is 17.2. The summed E-state index contributed by atoms with van der Waals surface area (Å²) in [7, 11) is 1.95. The van der Waals surface area contributed by atoms with E-state index < -0.39 is 0 Å². The lowest BCUT2D eigenvalue weighted by molar-refractivity contribution is -0.118.